The number of anilines is 1. The van der Waals surface area contributed by atoms with Crippen molar-refractivity contribution in [2.75, 3.05) is 5.32 Å². The molecule has 0 spiro atoms. The molecule has 118 valence electrons. The Morgan fingerprint density at radius 3 is 2.61 bits per heavy atom. The zero-order valence-corrected chi connectivity index (χ0v) is 13.6. The molecule has 23 heavy (non-hydrogen) atoms. The van der Waals surface area contributed by atoms with Crippen LogP contribution >= 0.6 is 11.6 Å². The summed E-state index contributed by atoms with van der Waals surface area (Å²) in [5, 5.41) is 13.8. The van der Waals surface area contributed by atoms with Crippen LogP contribution in [-0.4, -0.2) is 16.8 Å². The summed E-state index contributed by atoms with van der Waals surface area (Å²) >= 11 is 5.95. The number of Topliss-reactive ketones (excluding diaryl/α,β-unsaturated/α-hetero) is 1. The fourth-order valence-corrected chi connectivity index (χ4v) is 2.91. The number of hydrogen-bond acceptors (Lipinski definition) is 3. The lowest BCUT2D eigenvalue weighted by atomic mass is 9.87. The van der Waals surface area contributed by atoms with Crippen molar-refractivity contribution >= 4 is 29.0 Å². The maximum absolute atomic E-state index is 12.5. The van der Waals surface area contributed by atoms with Crippen molar-refractivity contribution in [2.24, 2.45) is 0 Å². The van der Waals surface area contributed by atoms with Crippen molar-refractivity contribution in [3.05, 3.63) is 63.7 Å². The first kappa shape index (κ1) is 15.7. The summed E-state index contributed by atoms with van der Waals surface area (Å²) in [4.78, 5) is 24.7. The smallest absolute Gasteiger partial charge is 0.261 e. The Kier molecular flexibility index (Phi) is 3.74. The number of carbonyl (C=O) groups is 2. The van der Waals surface area contributed by atoms with Gasteiger partial charge in [0.15, 0.2) is 11.4 Å². The molecular weight excluding hydrogens is 314 g/mol. The van der Waals surface area contributed by atoms with Crippen LogP contribution in [0.4, 0.5) is 5.69 Å². The Bertz CT molecular complexity index is 831. The SMILES string of the molecule is Cc1ccc(C(=O)C[C@@]2(O)C(=O)Nc3ccc(Cl)cc32)cc1C. The van der Waals surface area contributed by atoms with Gasteiger partial charge >= 0.3 is 0 Å². The number of aliphatic hydroxyl groups is 1. The van der Waals surface area contributed by atoms with E-state index in [1.807, 2.05) is 19.9 Å². The topological polar surface area (TPSA) is 66.4 Å². The van der Waals surface area contributed by atoms with Crippen molar-refractivity contribution in [2.45, 2.75) is 25.9 Å². The van der Waals surface area contributed by atoms with Gasteiger partial charge in [-0.2, -0.15) is 0 Å². The predicted octanol–water partition coefficient (Wildman–Crippen LogP) is 3.37. The van der Waals surface area contributed by atoms with Gasteiger partial charge in [-0.3, -0.25) is 9.59 Å². The maximum Gasteiger partial charge on any atom is 0.261 e. The number of benzene rings is 2. The summed E-state index contributed by atoms with van der Waals surface area (Å²) in [6, 6.07) is 10.1. The second kappa shape index (κ2) is 5.48. The molecule has 1 aliphatic heterocycles. The molecule has 0 aliphatic carbocycles. The van der Waals surface area contributed by atoms with E-state index in [0.29, 0.717) is 21.8 Å². The van der Waals surface area contributed by atoms with Gasteiger partial charge in [0.1, 0.15) is 0 Å². The number of rotatable bonds is 3. The first-order valence-corrected chi connectivity index (χ1v) is 7.63. The first-order valence-electron chi connectivity index (χ1n) is 7.25. The van der Waals surface area contributed by atoms with E-state index in [9.17, 15) is 14.7 Å². The molecular formula is C18H16ClNO3. The molecule has 2 N–H and O–H groups in total. The third kappa shape index (κ3) is 2.64. The van der Waals surface area contributed by atoms with Crippen LogP contribution in [-0.2, 0) is 10.4 Å². The normalized spacial score (nSPS) is 19.4. The van der Waals surface area contributed by atoms with E-state index in [2.05, 4.69) is 5.32 Å². The standard InChI is InChI=1S/C18H16ClNO3/c1-10-3-4-12(7-11(10)2)16(21)9-18(23)14-8-13(19)5-6-15(14)20-17(18)22/h3-8,23H,9H2,1-2H3,(H,20,22)/t18-/m0/s1. The second-order valence-electron chi connectivity index (χ2n) is 5.90. The third-order valence-electron chi connectivity index (χ3n) is 4.30. The summed E-state index contributed by atoms with van der Waals surface area (Å²) < 4.78 is 0. The highest BCUT2D eigenvalue weighted by Gasteiger charge is 2.46. The average Bonchev–Trinajstić information content (AvgIpc) is 2.73. The highest BCUT2D eigenvalue weighted by atomic mass is 35.5. The van der Waals surface area contributed by atoms with Crippen LogP contribution in [0.2, 0.25) is 5.02 Å². The lowest BCUT2D eigenvalue weighted by Crippen LogP contribution is -2.36. The van der Waals surface area contributed by atoms with Gasteiger partial charge in [0.05, 0.1) is 6.42 Å². The van der Waals surface area contributed by atoms with Gasteiger partial charge in [-0.25, -0.2) is 0 Å². The lowest BCUT2D eigenvalue weighted by molar-refractivity contribution is -0.133. The Labute approximate surface area is 139 Å². The van der Waals surface area contributed by atoms with E-state index >= 15 is 0 Å². The van der Waals surface area contributed by atoms with Gasteiger partial charge < -0.3 is 10.4 Å². The van der Waals surface area contributed by atoms with Gasteiger partial charge in [0.25, 0.3) is 5.91 Å². The molecule has 1 aliphatic rings. The van der Waals surface area contributed by atoms with Crippen LogP contribution in [0.3, 0.4) is 0 Å². The molecule has 1 heterocycles. The zero-order chi connectivity index (χ0) is 16.8. The largest absolute Gasteiger partial charge is 0.375 e. The van der Waals surface area contributed by atoms with E-state index in [0.717, 1.165) is 11.1 Å². The molecule has 0 unspecified atom stereocenters. The van der Waals surface area contributed by atoms with Crippen molar-refractivity contribution in [1.29, 1.82) is 0 Å². The van der Waals surface area contributed by atoms with Gasteiger partial charge in [0, 0.05) is 21.8 Å². The third-order valence-corrected chi connectivity index (χ3v) is 4.53. The Morgan fingerprint density at radius 2 is 1.91 bits per heavy atom. The Balaban J connectivity index is 1.95. The molecule has 4 nitrogen and oxygen atoms in total. The van der Waals surface area contributed by atoms with Crippen molar-refractivity contribution in [3.63, 3.8) is 0 Å². The molecule has 3 rings (SSSR count). The van der Waals surface area contributed by atoms with Crippen molar-refractivity contribution < 1.29 is 14.7 Å². The minimum Gasteiger partial charge on any atom is -0.375 e. The number of ketones is 1. The minimum absolute atomic E-state index is 0.293. The molecule has 2 aromatic carbocycles. The molecule has 1 amide bonds. The summed E-state index contributed by atoms with van der Waals surface area (Å²) in [6.07, 6.45) is -0.325. The fraction of sp³-hybridized carbons (Fsp3) is 0.222. The molecule has 2 aromatic rings. The molecule has 5 heteroatoms. The van der Waals surface area contributed by atoms with Gasteiger partial charge in [-0.15, -0.1) is 0 Å². The first-order chi connectivity index (χ1) is 10.8. The molecule has 0 bridgehead atoms. The summed E-state index contributed by atoms with van der Waals surface area (Å²) in [5.41, 5.74) is 1.47. The van der Waals surface area contributed by atoms with Gasteiger partial charge in [0.2, 0.25) is 0 Å². The molecule has 0 saturated heterocycles. The number of carbonyl (C=O) groups excluding carboxylic acids is 2. The number of hydrogen-bond donors (Lipinski definition) is 2. The quantitative estimate of drug-likeness (QED) is 0.848. The number of fused-ring (bicyclic) bond motifs is 1. The molecule has 1 atom stereocenters. The van der Waals surface area contributed by atoms with Crippen molar-refractivity contribution in [1.82, 2.24) is 0 Å². The van der Waals surface area contributed by atoms with Crippen LogP contribution in [0.5, 0.6) is 0 Å². The molecule has 0 saturated carbocycles. The van der Waals surface area contributed by atoms with E-state index in [4.69, 9.17) is 11.6 Å². The zero-order valence-electron chi connectivity index (χ0n) is 12.8. The average molecular weight is 330 g/mol. The summed E-state index contributed by atoms with van der Waals surface area (Å²) in [5.74, 6) is -0.898. The van der Waals surface area contributed by atoms with Gasteiger partial charge in [-0.05, 0) is 49.2 Å². The van der Waals surface area contributed by atoms with E-state index < -0.39 is 11.5 Å². The van der Waals surface area contributed by atoms with Crippen LogP contribution in [0, 0.1) is 13.8 Å². The van der Waals surface area contributed by atoms with E-state index in [1.54, 1.807) is 24.3 Å². The highest BCUT2D eigenvalue weighted by Crippen LogP contribution is 2.40. The van der Waals surface area contributed by atoms with E-state index in [1.165, 1.54) is 6.07 Å². The molecule has 0 radical (unpaired) electrons. The predicted molar refractivity (Wildman–Crippen MR) is 88.8 cm³/mol. The van der Waals surface area contributed by atoms with Crippen LogP contribution in [0.1, 0.15) is 33.5 Å². The van der Waals surface area contributed by atoms with Gasteiger partial charge in [-0.1, -0.05) is 23.7 Å². The minimum atomic E-state index is -1.89. The number of nitrogens with one attached hydrogen (secondary N) is 1. The second-order valence-corrected chi connectivity index (χ2v) is 6.34. The van der Waals surface area contributed by atoms with Crippen LogP contribution in [0.15, 0.2) is 36.4 Å². The molecule has 0 fully saturated rings. The van der Waals surface area contributed by atoms with Crippen molar-refractivity contribution in [3.8, 4) is 0 Å². The number of halogens is 1. The highest BCUT2D eigenvalue weighted by molar-refractivity contribution is 6.31. The fourth-order valence-electron chi connectivity index (χ4n) is 2.74. The number of amides is 1. The Hall–Kier alpha value is -2.17. The Morgan fingerprint density at radius 1 is 1.17 bits per heavy atom. The maximum atomic E-state index is 12.5. The van der Waals surface area contributed by atoms with Crippen LogP contribution in [0.25, 0.3) is 0 Å². The number of aryl methyl sites for hydroxylation is 2. The summed E-state index contributed by atoms with van der Waals surface area (Å²) in [6.45, 7) is 3.87. The molecule has 0 aromatic heterocycles. The summed E-state index contributed by atoms with van der Waals surface area (Å²) in [7, 11) is 0. The lowest BCUT2D eigenvalue weighted by Gasteiger charge is -2.20. The van der Waals surface area contributed by atoms with E-state index in [-0.39, 0.29) is 12.2 Å². The van der Waals surface area contributed by atoms with Crippen LogP contribution < -0.4 is 5.32 Å². The monoisotopic (exact) mass is 329 g/mol.